The number of phenols is 2. The van der Waals surface area contributed by atoms with Gasteiger partial charge in [-0.15, -0.1) is 0 Å². The molecule has 4 aromatic carbocycles. The maximum absolute atomic E-state index is 15.8. The monoisotopic (exact) mass is 847 g/mol. The molecule has 1 fully saturated rings. The number of rotatable bonds is 12. The minimum Gasteiger partial charge on any atom is -0.508 e. The Labute approximate surface area is 334 Å². The third-order valence-corrected chi connectivity index (χ3v) is 10.6. The quantitative estimate of drug-likeness (QED) is 0.0685. The molecule has 0 bridgehead atoms. The fourth-order valence-corrected chi connectivity index (χ4v) is 7.45. The van der Waals surface area contributed by atoms with Gasteiger partial charge < -0.3 is 20.1 Å². The molecule has 56 heavy (non-hydrogen) atoms. The van der Waals surface area contributed by atoms with Gasteiger partial charge in [0.15, 0.2) is 11.6 Å². The van der Waals surface area contributed by atoms with Crippen LogP contribution in [0.4, 0.5) is 15.8 Å². The number of piperazine rings is 1. The SMILES string of the molecule is CC(C)c1cc(-c2n[nH]c(=O)n2-c2ccc(CN3CCN(CCONC(=O)c4cc5c(ncn5C)c(F)c4Nc4ccc(Br)cc4Cl)CC3)cc2)c(O)cc1O. The molecule has 1 saturated heterocycles. The van der Waals surface area contributed by atoms with Crippen molar-refractivity contribution < 1.29 is 24.2 Å². The molecule has 3 heterocycles. The van der Waals surface area contributed by atoms with Gasteiger partial charge >= 0.3 is 5.69 Å². The summed E-state index contributed by atoms with van der Waals surface area (Å²) in [7, 11) is 1.72. The molecule has 1 amide bonds. The Balaban J connectivity index is 0.923. The van der Waals surface area contributed by atoms with Gasteiger partial charge in [-0.3, -0.25) is 19.4 Å². The zero-order valence-corrected chi connectivity index (χ0v) is 33.2. The first kappa shape index (κ1) is 39.0. The van der Waals surface area contributed by atoms with E-state index >= 15 is 4.39 Å². The van der Waals surface area contributed by atoms with E-state index < -0.39 is 17.4 Å². The zero-order valence-electron chi connectivity index (χ0n) is 30.8. The molecule has 2 aromatic heterocycles. The Hall–Kier alpha value is -5.26. The first-order chi connectivity index (χ1) is 26.9. The van der Waals surface area contributed by atoms with Gasteiger partial charge in [0.25, 0.3) is 5.91 Å². The number of aromatic amines is 1. The number of hydrogen-bond acceptors (Lipinski definition) is 10. The highest BCUT2D eigenvalue weighted by molar-refractivity contribution is 9.10. The van der Waals surface area contributed by atoms with Crippen LogP contribution in [0.2, 0.25) is 5.02 Å². The van der Waals surface area contributed by atoms with Crippen molar-refractivity contribution in [1.82, 2.24) is 39.6 Å². The minimum absolute atomic E-state index is 0.00870. The van der Waals surface area contributed by atoms with Crippen LogP contribution in [-0.4, -0.2) is 89.6 Å². The number of aryl methyl sites for hydroxylation is 1. The van der Waals surface area contributed by atoms with Gasteiger partial charge in [-0.2, -0.15) is 5.10 Å². The predicted octanol–water partition coefficient (Wildman–Crippen LogP) is 6.43. The number of benzene rings is 4. The Morgan fingerprint density at radius 1 is 1.04 bits per heavy atom. The number of amides is 1. The average Bonchev–Trinajstić information content (AvgIpc) is 3.74. The van der Waals surface area contributed by atoms with Crippen LogP contribution in [0.3, 0.4) is 0 Å². The largest absolute Gasteiger partial charge is 0.508 e. The molecule has 0 atom stereocenters. The third kappa shape index (κ3) is 8.15. The van der Waals surface area contributed by atoms with Crippen molar-refractivity contribution in [3.8, 4) is 28.6 Å². The summed E-state index contributed by atoms with van der Waals surface area (Å²) in [6, 6.07) is 17.2. The van der Waals surface area contributed by atoms with E-state index in [4.69, 9.17) is 16.4 Å². The normalized spacial score (nSPS) is 13.8. The summed E-state index contributed by atoms with van der Waals surface area (Å²) in [5.41, 5.74) is 5.60. The smallest absolute Gasteiger partial charge is 0.348 e. The van der Waals surface area contributed by atoms with Crippen LogP contribution in [-0.2, 0) is 18.4 Å². The summed E-state index contributed by atoms with van der Waals surface area (Å²) in [5.74, 6) is -1.27. The van der Waals surface area contributed by atoms with Crippen molar-refractivity contribution in [2.45, 2.75) is 26.3 Å². The molecule has 0 unspecified atom stereocenters. The fraction of sp³-hybridized carbons (Fsp3) is 0.282. The van der Waals surface area contributed by atoms with Crippen LogP contribution in [0.25, 0.3) is 28.1 Å². The molecular weight excluding hydrogens is 809 g/mol. The van der Waals surface area contributed by atoms with Crippen molar-refractivity contribution in [2.24, 2.45) is 7.05 Å². The number of hydroxylamine groups is 1. The Morgan fingerprint density at radius 2 is 1.77 bits per heavy atom. The number of phenolic OH excluding ortho intramolecular Hbond substituents is 2. The molecule has 14 nitrogen and oxygen atoms in total. The van der Waals surface area contributed by atoms with Crippen molar-refractivity contribution in [1.29, 1.82) is 0 Å². The summed E-state index contributed by atoms with van der Waals surface area (Å²) in [6.45, 7) is 8.59. The second-order valence-electron chi connectivity index (χ2n) is 13.9. The van der Waals surface area contributed by atoms with Crippen molar-refractivity contribution >= 4 is 55.8 Å². The van der Waals surface area contributed by atoms with Crippen molar-refractivity contribution in [3.05, 3.63) is 109 Å². The van der Waals surface area contributed by atoms with Gasteiger partial charge in [0.2, 0.25) is 0 Å². The Kier molecular flexibility index (Phi) is 11.5. The van der Waals surface area contributed by atoms with Crippen LogP contribution < -0.4 is 16.5 Å². The number of carbonyl (C=O) groups excluding carboxylic acids is 1. The van der Waals surface area contributed by atoms with Crippen LogP contribution >= 0.6 is 27.5 Å². The molecule has 0 radical (unpaired) electrons. The fourth-order valence-electron chi connectivity index (χ4n) is 6.73. The predicted molar refractivity (Wildman–Crippen MR) is 215 cm³/mol. The zero-order chi connectivity index (χ0) is 39.7. The molecule has 0 spiro atoms. The Bertz CT molecular complexity index is 2460. The van der Waals surface area contributed by atoms with E-state index in [-0.39, 0.29) is 46.6 Å². The van der Waals surface area contributed by atoms with Crippen LogP contribution in [0, 0.1) is 5.82 Å². The molecule has 1 aliphatic heterocycles. The van der Waals surface area contributed by atoms with Crippen molar-refractivity contribution in [2.75, 3.05) is 44.6 Å². The number of halogens is 3. The number of fused-ring (bicyclic) bond motifs is 1. The lowest BCUT2D eigenvalue weighted by molar-refractivity contribution is 0.0161. The summed E-state index contributed by atoms with van der Waals surface area (Å²) >= 11 is 9.75. The number of aromatic nitrogens is 5. The lowest BCUT2D eigenvalue weighted by Crippen LogP contribution is -2.47. The summed E-state index contributed by atoms with van der Waals surface area (Å²) in [5, 5.41) is 30.9. The second-order valence-corrected chi connectivity index (χ2v) is 15.2. The molecule has 1 aliphatic rings. The van der Waals surface area contributed by atoms with Crippen LogP contribution in [0.15, 0.2) is 76.3 Å². The lowest BCUT2D eigenvalue weighted by Gasteiger charge is -2.34. The summed E-state index contributed by atoms with van der Waals surface area (Å²) < 4.78 is 19.6. The van der Waals surface area contributed by atoms with Gasteiger partial charge in [0.05, 0.1) is 51.7 Å². The van der Waals surface area contributed by atoms with E-state index in [0.29, 0.717) is 46.1 Å². The number of H-pyrrole nitrogens is 1. The molecule has 5 N–H and O–H groups in total. The highest BCUT2D eigenvalue weighted by atomic mass is 79.9. The molecule has 6 aromatic rings. The van der Waals surface area contributed by atoms with E-state index in [1.54, 1.807) is 41.9 Å². The average molecular weight is 849 g/mol. The second kappa shape index (κ2) is 16.5. The molecule has 0 saturated carbocycles. The van der Waals surface area contributed by atoms with Crippen LogP contribution in [0.5, 0.6) is 11.5 Å². The topological polar surface area (TPSA) is 166 Å². The first-order valence-corrected chi connectivity index (χ1v) is 19.1. The summed E-state index contributed by atoms with van der Waals surface area (Å²) in [4.78, 5) is 40.5. The molecule has 292 valence electrons. The molecular formula is C39H40BrClFN9O5. The number of nitrogens with zero attached hydrogens (tertiary/aromatic N) is 6. The lowest BCUT2D eigenvalue weighted by atomic mass is 9.98. The number of hydrogen-bond donors (Lipinski definition) is 5. The van der Waals surface area contributed by atoms with E-state index in [1.807, 2.05) is 38.1 Å². The first-order valence-electron chi connectivity index (χ1n) is 17.9. The van der Waals surface area contributed by atoms with Gasteiger partial charge in [-0.1, -0.05) is 53.5 Å². The third-order valence-electron chi connectivity index (χ3n) is 9.82. The number of imidazole rings is 1. The number of carbonyl (C=O) groups is 1. The van der Waals surface area contributed by atoms with E-state index in [1.165, 1.54) is 17.0 Å². The number of nitrogens with one attached hydrogen (secondary N) is 3. The highest BCUT2D eigenvalue weighted by Gasteiger charge is 2.24. The molecule has 0 aliphatic carbocycles. The molecule has 7 rings (SSSR count). The van der Waals surface area contributed by atoms with E-state index in [0.717, 1.165) is 36.2 Å². The minimum atomic E-state index is -0.685. The molecule has 17 heteroatoms. The van der Waals surface area contributed by atoms with Gasteiger partial charge in [0.1, 0.15) is 17.0 Å². The Morgan fingerprint density at radius 3 is 2.48 bits per heavy atom. The number of anilines is 2. The van der Waals surface area contributed by atoms with Gasteiger partial charge in [-0.05, 0) is 59.5 Å². The highest BCUT2D eigenvalue weighted by Crippen LogP contribution is 2.38. The van der Waals surface area contributed by atoms with Crippen molar-refractivity contribution in [3.63, 3.8) is 0 Å². The van der Waals surface area contributed by atoms with Gasteiger partial charge in [0, 0.05) is 56.9 Å². The maximum atomic E-state index is 15.8. The van der Waals surface area contributed by atoms with Gasteiger partial charge in [-0.25, -0.2) is 29.3 Å². The maximum Gasteiger partial charge on any atom is 0.348 e. The number of aromatic hydroxyl groups is 2. The van der Waals surface area contributed by atoms with E-state index in [9.17, 15) is 19.8 Å². The van der Waals surface area contributed by atoms with Crippen LogP contribution in [0.1, 0.15) is 41.3 Å². The van der Waals surface area contributed by atoms with E-state index in [2.05, 4.69) is 51.7 Å². The standard InChI is InChI=1S/C39H40BrClFN9O5/c1-22(2)26-17-27(33(53)19-32(26)52)37-45-46-39(55)51(37)25-7-4-23(5-8-25)20-50-12-10-49(11-13-50)14-15-56-47-38(54)28-18-31-36(43-21-48(31)3)34(42)35(28)44-30-9-6-24(40)16-29(30)41/h4-9,16-19,21-22,44,52-53H,10-15,20H2,1-3H3,(H,46,55)(H,47,54). The summed E-state index contributed by atoms with van der Waals surface area (Å²) in [6.07, 6.45) is 1.48.